The Morgan fingerprint density at radius 2 is 1.68 bits per heavy atom. The summed E-state index contributed by atoms with van der Waals surface area (Å²) in [6, 6.07) is 0. The molecule has 0 atom stereocenters. The fraction of sp³-hybridized carbons (Fsp3) is 0.706. The molecule has 8 heteroatoms. The number of hydrogen-bond acceptors (Lipinski definition) is 5. The molecule has 1 aliphatic heterocycles. The van der Waals surface area contributed by atoms with Crippen molar-refractivity contribution in [1.29, 1.82) is 0 Å². The van der Waals surface area contributed by atoms with Gasteiger partial charge in [-0.05, 0) is 33.6 Å². The zero-order valence-corrected chi connectivity index (χ0v) is 15.3. The van der Waals surface area contributed by atoms with Gasteiger partial charge in [0, 0.05) is 32.1 Å². The quantitative estimate of drug-likeness (QED) is 0.464. The van der Waals surface area contributed by atoms with Crippen molar-refractivity contribution in [2.75, 3.05) is 32.8 Å². The summed E-state index contributed by atoms with van der Waals surface area (Å²) < 4.78 is 10.3. The summed E-state index contributed by atoms with van der Waals surface area (Å²) in [5.74, 6) is -0.356. The second kappa shape index (κ2) is 10.7. The summed E-state index contributed by atoms with van der Waals surface area (Å²) in [6.07, 6.45) is 2.78. The Morgan fingerprint density at radius 1 is 1.04 bits per heavy atom. The number of ether oxygens (including phenoxy) is 2. The summed E-state index contributed by atoms with van der Waals surface area (Å²) >= 11 is 0. The number of alkyl carbamates (subject to hydrolysis) is 1. The monoisotopic (exact) mass is 355 g/mol. The standard InChI is InChI=1S/C17H29N3O5/c1-17(2,3)25-16(23)20-7-4-14(21)18-8-9-19-15(22)12-13-5-10-24-11-6-13/h12H,4-11H2,1-3H3,(H,18,21)(H,19,22)(H,20,23). The zero-order valence-electron chi connectivity index (χ0n) is 15.3. The van der Waals surface area contributed by atoms with Crippen LogP contribution in [0.5, 0.6) is 0 Å². The molecule has 8 nitrogen and oxygen atoms in total. The first-order valence-electron chi connectivity index (χ1n) is 8.55. The Balaban J connectivity index is 2.06. The van der Waals surface area contributed by atoms with E-state index in [-0.39, 0.29) is 24.8 Å². The van der Waals surface area contributed by atoms with Gasteiger partial charge in [0.1, 0.15) is 5.60 Å². The summed E-state index contributed by atoms with van der Waals surface area (Å²) in [5.41, 5.74) is 0.519. The molecule has 0 radical (unpaired) electrons. The lowest BCUT2D eigenvalue weighted by Gasteiger charge is -2.19. The van der Waals surface area contributed by atoms with E-state index in [1.54, 1.807) is 26.8 Å². The van der Waals surface area contributed by atoms with Crippen LogP contribution in [0.2, 0.25) is 0 Å². The highest BCUT2D eigenvalue weighted by atomic mass is 16.6. The van der Waals surface area contributed by atoms with Gasteiger partial charge in [-0.2, -0.15) is 0 Å². The van der Waals surface area contributed by atoms with Gasteiger partial charge in [-0.25, -0.2) is 4.79 Å². The molecule has 1 saturated heterocycles. The second-order valence-electron chi connectivity index (χ2n) is 6.73. The van der Waals surface area contributed by atoms with E-state index in [1.165, 1.54) is 0 Å². The molecule has 0 aromatic carbocycles. The molecule has 1 fully saturated rings. The van der Waals surface area contributed by atoms with Crippen LogP contribution in [-0.4, -0.2) is 56.4 Å². The molecule has 3 amide bonds. The molecule has 142 valence electrons. The fourth-order valence-electron chi connectivity index (χ4n) is 2.08. The first kappa shape index (κ1) is 21.0. The number of amides is 3. The molecule has 0 aromatic rings. The Hall–Kier alpha value is -2.09. The van der Waals surface area contributed by atoms with E-state index in [4.69, 9.17) is 9.47 Å². The van der Waals surface area contributed by atoms with E-state index in [0.29, 0.717) is 26.3 Å². The molecule has 1 aliphatic rings. The number of carbonyl (C=O) groups is 3. The van der Waals surface area contributed by atoms with Crippen molar-refractivity contribution >= 4 is 17.9 Å². The van der Waals surface area contributed by atoms with Crippen molar-refractivity contribution in [2.24, 2.45) is 0 Å². The lowest BCUT2D eigenvalue weighted by atomic mass is 10.1. The maximum absolute atomic E-state index is 11.7. The van der Waals surface area contributed by atoms with Crippen molar-refractivity contribution in [1.82, 2.24) is 16.0 Å². The predicted molar refractivity (Wildman–Crippen MR) is 93.0 cm³/mol. The molecule has 1 rings (SSSR count). The molecule has 0 aromatic heterocycles. The molecule has 0 unspecified atom stereocenters. The smallest absolute Gasteiger partial charge is 0.407 e. The Labute approximate surface area is 148 Å². The highest BCUT2D eigenvalue weighted by Gasteiger charge is 2.15. The summed E-state index contributed by atoms with van der Waals surface area (Å²) in [6.45, 7) is 7.51. The summed E-state index contributed by atoms with van der Waals surface area (Å²) in [4.78, 5) is 34.8. The van der Waals surface area contributed by atoms with Crippen LogP contribution in [0.15, 0.2) is 11.6 Å². The van der Waals surface area contributed by atoms with Gasteiger partial charge in [-0.1, -0.05) is 5.57 Å². The predicted octanol–water partition coefficient (Wildman–Crippen LogP) is 0.870. The van der Waals surface area contributed by atoms with E-state index in [9.17, 15) is 14.4 Å². The third-order valence-corrected chi connectivity index (χ3v) is 3.24. The highest BCUT2D eigenvalue weighted by Crippen LogP contribution is 2.12. The molecule has 0 spiro atoms. The van der Waals surface area contributed by atoms with Crippen LogP contribution < -0.4 is 16.0 Å². The third kappa shape index (κ3) is 11.1. The third-order valence-electron chi connectivity index (χ3n) is 3.24. The maximum atomic E-state index is 11.7. The van der Waals surface area contributed by atoms with Gasteiger partial charge < -0.3 is 25.4 Å². The molecule has 0 aliphatic carbocycles. The zero-order chi connectivity index (χ0) is 18.7. The first-order valence-corrected chi connectivity index (χ1v) is 8.55. The van der Waals surface area contributed by atoms with Gasteiger partial charge in [-0.3, -0.25) is 9.59 Å². The second-order valence-corrected chi connectivity index (χ2v) is 6.73. The van der Waals surface area contributed by atoms with Crippen LogP contribution in [0, 0.1) is 0 Å². The largest absolute Gasteiger partial charge is 0.444 e. The molecule has 25 heavy (non-hydrogen) atoms. The Morgan fingerprint density at radius 3 is 2.32 bits per heavy atom. The maximum Gasteiger partial charge on any atom is 0.407 e. The molecule has 0 bridgehead atoms. The van der Waals surface area contributed by atoms with E-state index >= 15 is 0 Å². The van der Waals surface area contributed by atoms with Gasteiger partial charge in [-0.15, -0.1) is 0 Å². The lowest BCUT2D eigenvalue weighted by molar-refractivity contribution is -0.121. The minimum atomic E-state index is -0.565. The van der Waals surface area contributed by atoms with Crippen molar-refractivity contribution in [3.05, 3.63) is 11.6 Å². The van der Waals surface area contributed by atoms with Gasteiger partial charge in [0.2, 0.25) is 11.8 Å². The first-order chi connectivity index (χ1) is 11.8. The van der Waals surface area contributed by atoms with Gasteiger partial charge in [0.25, 0.3) is 0 Å². The SMILES string of the molecule is CC(C)(C)OC(=O)NCCC(=O)NCCNC(=O)C=C1CCOCC1. The average molecular weight is 355 g/mol. The van der Waals surface area contributed by atoms with Crippen LogP contribution in [0.1, 0.15) is 40.0 Å². The molecular weight excluding hydrogens is 326 g/mol. The minimum Gasteiger partial charge on any atom is -0.444 e. The topological polar surface area (TPSA) is 106 Å². The molecule has 3 N–H and O–H groups in total. The number of hydrogen-bond donors (Lipinski definition) is 3. The van der Waals surface area contributed by atoms with Crippen LogP contribution >= 0.6 is 0 Å². The van der Waals surface area contributed by atoms with E-state index < -0.39 is 11.7 Å². The van der Waals surface area contributed by atoms with Crippen LogP contribution in [0.4, 0.5) is 4.79 Å². The molecule has 1 heterocycles. The highest BCUT2D eigenvalue weighted by molar-refractivity contribution is 5.88. The number of nitrogens with one attached hydrogen (secondary N) is 3. The van der Waals surface area contributed by atoms with Crippen molar-refractivity contribution in [2.45, 2.75) is 45.6 Å². The van der Waals surface area contributed by atoms with Crippen molar-refractivity contribution < 1.29 is 23.9 Å². The fourth-order valence-corrected chi connectivity index (χ4v) is 2.08. The van der Waals surface area contributed by atoms with E-state index in [1.807, 2.05) is 0 Å². The Kier molecular flexibility index (Phi) is 8.98. The Bertz CT molecular complexity index is 489. The lowest BCUT2D eigenvalue weighted by Crippen LogP contribution is -2.37. The van der Waals surface area contributed by atoms with Crippen LogP contribution in [0.25, 0.3) is 0 Å². The number of rotatable bonds is 7. The van der Waals surface area contributed by atoms with Crippen molar-refractivity contribution in [3.63, 3.8) is 0 Å². The van der Waals surface area contributed by atoms with E-state index in [0.717, 1.165) is 18.4 Å². The van der Waals surface area contributed by atoms with Crippen molar-refractivity contribution in [3.8, 4) is 0 Å². The summed E-state index contributed by atoms with van der Waals surface area (Å²) in [7, 11) is 0. The minimum absolute atomic E-state index is 0.150. The molecule has 0 saturated carbocycles. The van der Waals surface area contributed by atoms with Crippen LogP contribution in [-0.2, 0) is 19.1 Å². The average Bonchev–Trinajstić information content (AvgIpc) is 2.51. The molecular formula is C17H29N3O5. The summed E-state index contributed by atoms with van der Waals surface area (Å²) in [5, 5.41) is 7.92. The van der Waals surface area contributed by atoms with E-state index in [2.05, 4.69) is 16.0 Å². The van der Waals surface area contributed by atoms with Gasteiger partial charge in [0.15, 0.2) is 0 Å². The van der Waals surface area contributed by atoms with Crippen LogP contribution in [0.3, 0.4) is 0 Å². The number of carbonyl (C=O) groups excluding carboxylic acids is 3. The van der Waals surface area contributed by atoms with Gasteiger partial charge in [0.05, 0.1) is 13.2 Å². The normalized spacial score (nSPS) is 14.4. The van der Waals surface area contributed by atoms with Gasteiger partial charge >= 0.3 is 6.09 Å².